The van der Waals surface area contributed by atoms with Crippen LogP contribution in [-0.2, 0) is 17.6 Å². The average Bonchev–Trinajstić information content (AvgIpc) is 3.20. The first-order valence-corrected chi connectivity index (χ1v) is 10.6. The molecular formula is C26H26N2O3. The summed E-state index contributed by atoms with van der Waals surface area (Å²) in [5, 5.41) is 3.02. The number of benzene rings is 3. The normalized spacial score (nSPS) is 14.7. The van der Waals surface area contributed by atoms with Gasteiger partial charge in [-0.3, -0.25) is 14.5 Å². The van der Waals surface area contributed by atoms with Crippen LogP contribution in [0.3, 0.4) is 0 Å². The van der Waals surface area contributed by atoms with Gasteiger partial charge < -0.3 is 10.1 Å². The molecule has 31 heavy (non-hydrogen) atoms. The van der Waals surface area contributed by atoms with Gasteiger partial charge >= 0.3 is 0 Å². The molecule has 3 aromatic carbocycles. The number of carbonyl (C=O) groups excluding carboxylic acids is 2. The predicted octanol–water partition coefficient (Wildman–Crippen LogP) is 4.02. The first-order valence-electron chi connectivity index (χ1n) is 10.6. The highest BCUT2D eigenvalue weighted by Crippen LogP contribution is 2.33. The van der Waals surface area contributed by atoms with Crippen molar-refractivity contribution in [1.29, 1.82) is 0 Å². The van der Waals surface area contributed by atoms with E-state index in [1.165, 1.54) is 0 Å². The first kappa shape index (κ1) is 20.7. The van der Waals surface area contributed by atoms with E-state index in [2.05, 4.69) is 5.32 Å². The molecular weight excluding hydrogens is 388 g/mol. The smallest absolute Gasteiger partial charge is 0.259 e. The Kier molecular flexibility index (Phi) is 6.32. The maximum Gasteiger partial charge on any atom is 0.259 e. The minimum Gasteiger partial charge on any atom is -0.494 e. The number of carbonyl (C=O) groups is 2. The van der Waals surface area contributed by atoms with Gasteiger partial charge in [-0.2, -0.15) is 0 Å². The Morgan fingerprint density at radius 2 is 1.68 bits per heavy atom. The van der Waals surface area contributed by atoms with E-state index < -0.39 is 6.04 Å². The molecule has 1 N–H and O–H groups in total. The summed E-state index contributed by atoms with van der Waals surface area (Å²) in [4.78, 5) is 27.9. The maximum absolute atomic E-state index is 13.2. The van der Waals surface area contributed by atoms with Crippen LogP contribution < -0.4 is 15.0 Å². The lowest BCUT2D eigenvalue weighted by atomic mass is 10.1. The number of fused-ring (bicyclic) bond motifs is 1. The Balaban J connectivity index is 1.44. The van der Waals surface area contributed by atoms with Crippen molar-refractivity contribution in [2.45, 2.75) is 25.8 Å². The van der Waals surface area contributed by atoms with Crippen molar-refractivity contribution in [3.63, 3.8) is 0 Å². The van der Waals surface area contributed by atoms with Gasteiger partial charge in [0.15, 0.2) is 0 Å². The molecule has 0 unspecified atom stereocenters. The van der Waals surface area contributed by atoms with Crippen LogP contribution in [0.4, 0.5) is 5.69 Å². The third-order valence-electron chi connectivity index (χ3n) is 5.47. The van der Waals surface area contributed by atoms with Crippen LogP contribution >= 0.6 is 0 Å². The molecule has 0 saturated carbocycles. The summed E-state index contributed by atoms with van der Waals surface area (Å²) >= 11 is 0. The zero-order valence-corrected chi connectivity index (χ0v) is 17.6. The van der Waals surface area contributed by atoms with E-state index in [0.717, 1.165) is 22.6 Å². The first-order chi connectivity index (χ1) is 15.2. The molecule has 0 radical (unpaired) electrons. The average molecular weight is 415 g/mol. The highest BCUT2D eigenvalue weighted by atomic mass is 16.5. The Hall–Kier alpha value is -3.60. The van der Waals surface area contributed by atoms with Crippen LogP contribution in [0.25, 0.3) is 0 Å². The lowest BCUT2D eigenvalue weighted by Gasteiger charge is -2.25. The van der Waals surface area contributed by atoms with Crippen molar-refractivity contribution in [3.8, 4) is 5.75 Å². The molecule has 2 amide bonds. The maximum atomic E-state index is 13.2. The van der Waals surface area contributed by atoms with E-state index in [0.29, 0.717) is 31.6 Å². The minimum atomic E-state index is -0.551. The number of nitrogens with zero attached hydrogens (tertiary/aromatic N) is 1. The van der Waals surface area contributed by atoms with Gasteiger partial charge in [0.05, 0.1) is 6.61 Å². The molecule has 0 bridgehead atoms. The lowest BCUT2D eigenvalue weighted by molar-refractivity contribution is -0.122. The number of nitrogens with one attached hydrogen (secondary N) is 1. The predicted molar refractivity (Wildman–Crippen MR) is 122 cm³/mol. The Bertz CT molecular complexity index is 1050. The van der Waals surface area contributed by atoms with Gasteiger partial charge in [-0.05, 0) is 54.8 Å². The molecule has 1 aliphatic rings. The van der Waals surface area contributed by atoms with Gasteiger partial charge in [0.2, 0.25) is 5.91 Å². The van der Waals surface area contributed by atoms with Gasteiger partial charge in [0.1, 0.15) is 11.8 Å². The fourth-order valence-electron chi connectivity index (χ4n) is 3.93. The van der Waals surface area contributed by atoms with Gasteiger partial charge in [-0.1, -0.05) is 48.5 Å². The molecule has 3 aromatic rings. The number of rotatable bonds is 7. The second-order valence-corrected chi connectivity index (χ2v) is 7.51. The van der Waals surface area contributed by atoms with Gasteiger partial charge in [-0.25, -0.2) is 0 Å². The summed E-state index contributed by atoms with van der Waals surface area (Å²) in [5.74, 6) is 0.553. The molecule has 4 rings (SSSR count). The highest BCUT2D eigenvalue weighted by molar-refractivity contribution is 6.11. The number of hydrogen-bond donors (Lipinski definition) is 1. The third-order valence-corrected chi connectivity index (χ3v) is 5.47. The molecule has 5 nitrogen and oxygen atoms in total. The van der Waals surface area contributed by atoms with Crippen LogP contribution in [0.5, 0.6) is 5.75 Å². The Morgan fingerprint density at radius 1 is 0.968 bits per heavy atom. The van der Waals surface area contributed by atoms with E-state index in [9.17, 15) is 9.59 Å². The molecule has 0 fully saturated rings. The monoisotopic (exact) mass is 414 g/mol. The van der Waals surface area contributed by atoms with E-state index >= 15 is 0 Å². The lowest BCUT2D eigenvalue weighted by Crippen LogP contribution is -2.48. The Morgan fingerprint density at radius 3 is 2.42 bits per heavy atom. The van der Waals surface area contributed by atoms with Crippen LogP contribution in [0.2, 0.25) is 0 Å². The van der Waals surface area contributed by atoms with E-state index in [1.54, 1.807) is 17.0 Å². The summed E-state index contributed by atoms with van der Waals surface area (Å²) in [6.07, 6.45) is 1.23. The third kappa shape index (κ3) is 4.61. The molecule has 0 aliphatic carbocycles. The molecule has 0 spiro atoms. The Labute approximate surface area is 182 Å². The molecule has 1 heterocycles. The fourth-order valence-corrected chi connectivity index (χ4v) is 3.93. The molecule has 1 aliphatic heterocycles. The SMILES string of the molecule is CCOc1ccc(CCNC(=O)[C@H]2Cc3ccccc3N2C(=O)c2ccccc2)cc1. The van der Waals surface area contributed by atoms with Gasteiger partial charge in [0, 0.05) is 24.2 Å². The molecule has 0 aromatic heterocycles. The number of ether oxygens (including phenoxy) is 1. The number of hydrogen-bond acceptors (Lipinski definition) is 3. The van der Waals surface area contributed by atoms with Crippen molar-refractivity contribution >= 4 is 17.5 Å². The van der Waals surface area contributed by atoms with Crippen molar-refractivity contribution in [2.75, 3.05) is 18.1 Å². The van der Waals surface area contributed by atoms with Crippen molar-refractivity contribution in [3.05, 3.63) is 95.6 Å². The van der Waals surface area contributed by atoms with Crippen molar-refractivity contribution in [2.24, 2.45) is 0 Å². The van der Waals surface area contributed by atoms with Crippen LogP contribution in [0.1, 0.15) is 28.4 Å². The summed E-state index contributed by atoms with van der Waals surface area (Å²) in [5.41, 5.74) is 3.52. The minimum absolute atomic E-state index is 0.133. The van der Waals surface area contributed by atoms with Crippen molar-refractivity contribution < 1.29 is 14.3 Å². The largest absolute Gasteiger partial charge is 0.494 e. The second kappa shape index (κ2) is 9.47. The highest BCUT2D eigenvalue weighted by Gasteiger charge is 2.38. The summed E-state index contributed by atoms with van der Waals surface area (Å²) in [7, 11) is 0. The molecule has 5 heteroatoms. The zero-order chi connectivity index (χ0) is 21.6. The van der Waals surface area contributed by atoms with E-state index in [4.69, 9.17) is 4.74 Å². The zero-order valence-electron chi connectivity index (χ0n) is 17.6. The molecule has 0 saturated heterocycles. The van der Waals surface area contributed by atoms with Crippen LogP contribution in [-0.4, -0.2) is 31.0 Å². The van der Waals surface area contributed by atoms with E-state index in [1.807, 2.05) is 73.7 Å². The quantitative estimate of drug-likeness (QED) is 0.635. The number of para-hydroxylation sites is 1. The topological polar surface area (TPSA) is 58.6 Å². The molecule has 158 valence electrons. The fraction of sp³-hybridized carbons (Fsp3) is 0.231. The summed E-state index contributed by atoms with van der Waals surface area (Å²) in [6.45, 7) is 3.10. The summed E-state index contributed by atoms with van der Waals surface area (Å²) in [6, 6.07) is 24.2. The van der Waals surface area contributed by atoms with Crippen LogP contribution in [0, 0.1) is 0 Å². The second-order valence-electron chi connectivity index (χ2n) is 7.51. The van der Waals surface area contributed by atoms with E-state index in [-0.39, 0.29) is 11.8 Å². The van der Waals surface area contributed by atoms with Gasteiger partial charge in [0.25, 0.3) is 5.91 Å². The van der Waals surface area contributed by atoms with Gasteiger partial charge in [-0.15, -0.1) is 0 Å². The number of anilines is 1. The number of amides is 2. The van der Waals surface area contributed by atoms with Crippen molar-refractivity contribution in [1.82, 2.24) is 5.32 Å². The standard InChI is InChI=1S/C26H26N2O3/c1-2-31-22-14-12-19(13-15-22)16-17-27-25(29)24-18-21-10-6-7-11-23(21)28(24)26(30)20-8-4-3-5-9-20/h3-15,24H,2,16-18H2,1H3,(H,27,29)/t24-/m1/s1. The van der Waals surface area contributed by atoms with Crippen LogP contribution in [0.15, 0.2) is 78.9 Å². The molecule has 1 atom stereocenters. The summed E-state index contributed by atoms with van der Waals surface area (Å²) < 4.78 is 5.47.